The smallest absolute Gasteiger partial charge is 0.346 e. The molecular formula is C15H12N2O3S. The number of rotatable bonds is 3. The maximum Gasteiger partial charge on any atom is 0.346 e. The molecule has 0 saturated carbocycles. The lowest BCUT2D eigenvalue weighted by molar-refractivity contribution is 0.0702. The number of carboxylic acids is 1. The highest BCUT2D eigenvalue weighted by atomic mass is 32.1. The van der Waals surface area contributed by atoms with Gasteiger partial charge in [0.05, 0.1) is 0 Å². The summed E-state index contributed by atoms with van der Waals surface area (Å²) in [7, 11) is 0. The molecule has 0 fully saturated rings. The van der Waals surface area contributed by atoms with Gasteiger partial charge in [0.1, 0.15) is 22.3 Å². The third-order valence-electron chi connectivity index (χ3n) is 3.39. The summed E-state index contributed by atoms with van der Waals surface area (Å²) in [6, 6.07) is 5.37. The average Bonchev–Trinajstić information content (AvgIpc) is 2.95. The summed E-state index contributed by atoms with van der Waals surface area (Å²) >= 11 is 1.08. The lowest BCUT2D eigenvalue weighted by atomic mass is 9.95. The quantitative estimate of drug-likeness (QED) is 0.939. The number of fused-ring (bicyclic) bond motifs is 1. The van der Waals surface area contributed by atoms with Crippen molar-refractivity contribution in [2.24, 2.45) is 0 Å². The van der Waals surface area contributed by atoms with E-state index in [0.29, 0.717) is 11.3 Å². The second-order valence-corrected chi connectivity index (χ2v) is 5.73. The molecule has 106 valence electrons. The number of hydrogen-bond donors (Lipinski definition) is 1. The zero-order valence-electron chi connectivity index (χ0n) is 11.1. The average molecular weight is 300 g/mol. The standard InChI is InChI=1S/C15H12N2O3S/c16-7-10-5-9-3-1-2-4-12(9)17-14(10)20-11-6-13(15(18)19)21-8-11/h5-6,8H,1-4H2,(H,18,19). The second kappa shape index (κ2) is 5.54. The first-order valence-corrected chi connectivity index (χ1v) is 7.48. The van der Waals surface area contributed by atoms with Crippen molar-refractivity contribution in [2.75, 3.05) is 0 Å². The summed E-state index contributed by atoms with van der Waals surface area (Å²) < 4.78 is 5.61. The van der Waals surface area contributed by atoms with Gasteiger partial charge < -0.3 is 9.84 Å². The number of nitriles is 1. The number of ether oxygens (including phenoxy) is 1. The molecule has 2 heterocycles. The molecule has 21 heavy (non-hydrogen) atoms. The van der Waals surface area contributed by atoms with Gasteiger partial charge in [-0.3, -0.25) is 0 Å². The molecule has 6 heteroatoms. The Kier molecular flexibility index (Phi) is 3.59. The summed E-state index contributed by atoms with van der Waals surface area (Å²) in [5.41, 5.74) is 2.48. The number of aryl methyl sites for hydroxylation is 2. The summed E-state index contributed by atoms with van der Waals surface area (Å²) in [6.45, 7) is 0. The molecule has 0 atom stereocenters. The van der Waals surface area contributed by atoms with Crippen LogP contribution < -0.4 is 4.74 Å². The molecule has 1 aliphatic rings. The SMILES string of the molecule is N#Cc1cc2c(nc1Oc1csc(C(=O)O)c1)CCCC2. The molecule has 0 aliphatic heterocycles. The minimum Gasteiger partial charge on any atom is -0.477 e. The Bertz CT molecular complexity index is 746. The van der Waals surface area contributed by atoms with Crippen LogP contribution in [0.15, 0.2) is 17.5 Å². The highest BCUT2D eigenvalue weighted by Gasteiger charge is 2.17. The first kappa shape index (κ1) is 13.6. The van der Waals surface area contributed by atoms with Crippen LogP contribution in [-0.4, -0.2) is 16.1 Å². The fourth-order valence-corrected chi connectivity index (χ4v) is 3.01. The van der Waals surface area contributed by atoms with Crippen molar-refractivity contribution in [3.8, 4) is 17.7 Å². The number of pyridine rings is 1. The molecule has 0 spiro atoms. The zero-order chi connectivity index (χ0) is 14.8. The van der Waals surface area contributed by atoms with Crippen LogP contribution in [0.4, 0.5) is 0 Å². The van der Waals surface area contributed by atoms with Crippen molar-refractivity contribution in [3.05, 3.63) is 39.2 Å². The fraction of sp³-hybridized carbons (Fsp3) is 0.267. The molecule has 0 saturated heterocycles. The Balaban J connectivity index is 1.93. The van der Waals surface area contributed by atoms with Crippen molar-refractivity contribution in [2.45, 2.75) is 25.7 Å². The molecule has 0 bridgehead atoms. The fourth-order valence-electron chi connectivity index (χ4n) is 2.37. The van der Waals surface area contributed by atoms with Gasteiger partial charge in [0.2, 0.25) is 5.88 Å². The second-order valence-electron chi connectivity index (χ2n) is 4.82. The van der Waals surface area contributed by atoms with Crippen LogP contribution in [0.2, 0.25) is 0 Å². The van der Waals surface area contributed by atoms with Crippen LogP contribution in [-0.2, 0) is 12.8 Å². The zero-order valence-corrected chi connectivity index (χ0v) is 11.9. The molecule has 5 nitrogen and oxygen atoms in total. The van der Waals surface area contributed by atoms with E-state index in [1.54, 1.807) is 5.38 Å². The lowest BCUT2D eigenvalue weighted by Crippen LogP contribution is -2.07. The largest absolute Gasteiger partial charge is 0.477 e. The van der Waals surface area contributed by atoms with Crippen LogP contribution in [0.1, 0.15) is 39.3 Å². The van der Waals surface area contributed by atoms with Crippen molar-refractivity contribution in [1.29, 1.82) is 5.26 Å². The molecule has 0 aromatic carbocycles. The predicted molar refractivity (Wildman–Crippen MR) is 76.9 cm³/mol. The van der Waals surface area contributed by atoms with Gasteiger partial charge in [-0.25, -0.2) is 9.78 Å². The van der Waals surface area contributed by atoms with Gasteiger partial charge in [0.15, 0.2) is 0 Å². The Labute approximate surface area is 125 Å². The molecule has 2 aromatic heterocycles. The maximum atomic E-state index is 10.9. The summed E-state index contributed by atoms with van der Waals surface area (Å²) in [5.74, 6) is -0.334. The molecule has 0 unspecified atom stereocenters. The van der Waals surface area contributed by atoms with E-state index in [1.165, 1.54) is 6.07 Å². The van der Waals surface area contributed by atoms with Crippen LogP contribution in [0.3, 0.4) is 0 Å². The highest BCUT2D eigenvalue weighted by Crippen LogP contribution is 2.31. The van der Waals surface area contributed by atoms with E-state index in [0.717, 1.165) is 48.3 Å². The van der Waals surface area contributed by atoms with Gasteiger partial charge in [-0.15, -0.1) is 11.3 Å². The van der Waals surface area contributed by atoms with Crippen molar-refractivity contribution < 1.29 is 14.6 Å². The number of thiophene rings is 1. The first-order valence-electron chi connectivity index (χ1n) is 6.60. The summed E-state index contributed by atoms with van der Waals surface area (Å²) in [4.78, 5) is 15.5. The number of aromatic carboxylic acids is 1. The first-order chi connectivity index (χ1) is 10.2. The number of aromatic nitrogens is 1. The molecule has 0 amide bonds. The van der Waals surface area contributed by atoms with Gasteiger partial charge in [-0.2, -0.15) is 5.26 Å². The minimum absolute atomic E-state index is 0.196. The summed E-state index contributed by atoms with van der Waals surface area (Å²) in [6.07, 6.45) is 4.04. The van der Waals surface area contributed by atoms with E-state index < -0.39 is 5.97 Å². The van der Waals surface area contributed by atoms with Gasteiger partial charge >= 0.3 is 5.97 Å². The Morgan fingerprint density at radius 2 is 2.19 bits per heavy atom. The van der Waals surface area contributed by atoms with Crippen LogP contribution in [0, 0.1) is 11.3 Å². The van der Waals surface area contributed by atoms with Crippen LogP contribution in [0.5, 0.6) is 11.6 Å². The third-order valence-corrected chi connectivity index (χ3v) is 4.28. The molecule has 2 aromatic rings. The molecular weight excluding hydrogens is 288 g/mol. The highest BCUT2D eigenvalue weighted by molar-refractivity contribution is 7.12. The maximum absolute atomic E-state index is 10.9. The number of hydrogen-bond acceptors (Lipinski definition) is 5. The van der Waals surface area contributed by atoms with E-state index in [9.17, 15) is 10.1 Å². The van der Waals surface area contributed by atoms with Gasteiger partial charge in [-0.1, -0.05) is 0 Å². The Morgan fingerprint density at radius 1 is 1.38 bits per heavy atom. The Morgan fingerprint density at radius 3 is 2.90 bits per heavy atom. The van der Waals surface area contributed by atoms with Gasteiger partial charge in [-0.05, 0) is 37.3 Å². The van der Waals surface area contributed by atoms with Crippen LogP contribution in [0.25, 0.3) is 0 Å². The van der Waals surface area contributed by atoms with Crippen LogP contribution >= 0.6 is 11.3 Å². The number of nitrogens with zero attached hydrogens (tertiary/aromatic N) is 2. The molecule has 1 N–H and O–H groups in total. The topological polar surface area (TPSA) is 83.2 Å². The normalized spacial score (nSPS) is 13.3. The van der Waals surface area contributed by atoms with Crippen molar-refractivity contribution >= 4 is 17.3 Å². The van der Waals surface area contributed by atoms with E-state index in [4.69, 9.17) is 9.84 Å². The van der Waals surface area contributed by atoms with Crippen molar-refractivity contribution in [3.63, 3.8) is 0 Å². The van der Waals surface area contributed by atoms with Crippen molar-refractivity contribution in [1.82, 2.24) is 4.98 Å². The predicted octanol–water partition coefficient (Wildman–Crippen LogP) is 3.38. The monoisotopic (exact) mass is 300 g/mol. The number of carboxylic acid groups (broad SMARTS) is 1. The Hall–Kier alpha value is -2.39. The van der Waals surface area contributed by atoms with Gasteiger partial charge in [0, 0.05) is 17.1 Å². The lowest BCUT2D eigenvalue weighted by Gasteiger charge is -2.16. The summed E-state index contributed by atoms with van der Waals surface area (Å²) in [5, 5.41) is 19.7. The van der Waals surface area contributed by atoms with E-state index in [1.807, 2.05) is 6.07 Å². The molecule has 0 radical (unpaired) electrons. The number of carbonyl (C=O) groups is 1. The van der Waals surface area contributed by atoms with E-state index >= 15 is 0 Å². The minimum atomic E-state index is -0.992. The van der Waals surface area contributed by atoms with E-state index in [-0.39, 0.29) is 10.8 Å². The van der Waals surface area contributed by atoms with Gasteiger partial charge in [0.25, 0.3) is 0 Å². The molecule has 3 rings (SSSR count). The third kappa shape index (κ3) is 2.73. The van der Waals surface area contributed by atoms with E-state index in [2.05, 4.69) is 11.1 Å². The molecule has 1 aliphatic carbocycles.